The van der Waals surface area contributed by atoms with Crippen LogP contribution in [0.2, 0.25) is 0 Å². The minimum absolute atomic E-state index is 0.00556. The van der Waals surface area contributed by atoms with Crippen molar-refractivity contribution in [3.8, 4) is 0 Å². The zero-order chi connectivity index (χ0) is 22.1. The Hall–Kier alpha value is -2.95. The van der Waals surface area contributed by atoms with Gasteiger partial charge in [0.15, 0.2) is 11.6 Å². The lowest BCUT2D eigenvalue weighted by Crippen LogP contribution is -2.35. The van der Waals surface area contributed by atoms with Gasteiger partial charge in [-0.1, -0.05) is 0 Å². The molecule has 2 heterocycles. The van der Waals surface area contributed by atoms with Crippen molar-refractivity contribution in [1.29, 1.82) is 0 Å². The lowest BCUT2D eigenvalue weighted by molar-refractivity contribution is -0.183. The fourth-order valence-electron chi connectivity index (χ4n) is 3.69. The van der Waals surface area contributed by atoms with Gasteiger partial charge in [0.2, 0.25) is 11.8 Å². The summed E-state index contributed by atoms with van der Waals surface area (Å²) in [5.74, 6) is -2.01. The number of carbonyl (C=O) groups excluding carboxylic acids is 3. The van der Waals surface area contributed by atoms with Crippen LogP contribution in [0, 0.1) is 17.6 Å². The van der Waals surface area contributed by atoms with Crippen LogP contribution in [0.15, 0.2) is 12.1 Å². The number of hydrogen-bond acceptors (Lipinski definition) is 6. The maximum absolute atomic E-state index is 14.9. The third kappa shape index (κ3) is 4.71. The molecule has 1 saturated carbocycles. The molecule has 4 rings (SSSR count). The largest absolute Gasteiger partial charge is 0.442 e. The molecule has 3 fully saturated rings. The van der Waals surface area contributed by atoms with Gasteiger partial charge in [0, 0.05) is 38.1 Å². The Morgan fingerprint density at radius 2 is 1.87 bits per heavy atom. The molecule has 11 heteroatoms. The molecule has 1 atom stereocenters. The third-order valence-electron chi connectivity index (χ3n) is 5.44. The van der Waals surface area contributed by atoms with Crippen LogP contribution in [-0.4, -0.2) is 68.4 Å². The lowest BCUT2D eigenvalue weighted by atomic mass is 10.2. The van der Waals surface area contributed by atoms with Gasteiger partial charge in [0.25, 0.3) is 0 Å². The summed E-state index contributed by atoms with van der Waals surface area (Å²) in [4.78, 5) is 43.4. The minimum Gasteiger partial charge on any atom is -0.442 e. The lowest BCUT2D eigenvalue weighted by Gasteiger charge is -2.24. The van der Waals surface area contributed by atoms with E-state index in [1.54, 1.807) is 0 Å². The number of hydroxylamine groups is 2. The first-order valence-electron chi connectivity index (χ1n) is 10.2. The van der Waals surface area contributed by atoms with Crippen LogP contribution in [0.1, 0.15) is 19.8 Å². The Bertz CT molecular complexity index is 871. The van der Waals surface area contributed by atoms with E-state index in [2.05, 4.69) is 5.32 Å². The number of hydrogen-bond donors (Lipinski definition) is 1. The van der Waals surface area contributed by atoms with E-state index in [1.807, 2.05) is 0 Å². The van der Waals surface area contributed by atoms with Crippen molar-refractivity contribution in [2.24, 2.45) is 5.92 Å². The van der Waals surface area contributed by atoms with E-state index in [-0.39, 0.29) is 68.4 Å². The number of rotatable bonds is 5. The Labute approximate surface area is 177 Å². The fourth-order valence-corrected chi connectivity index (χ4v) is 3.69. The van der Waals surface area contributed by atoms with Crippen LogP contribution in [-0.2, 0) is 19.2 Å². The molecule has 0 spiro atoms. The molecule has 3 amide bonds. The molecule has 1 aromatic rings. The van der Waals surface area contributed by atoms with Crippen molar-refractivity contribution in [3.05, 3.63) is 23.8 Å². The Morgan fingerprint density at radius 3 is 2.52 bits per heavy atom. The number of amides is 3. The summed E-state index contributed by atoms with van der Waals surface area (Å²) >= 11 is 0. The second-order valence-electron chi connectivity index (χ2n) is 7.85. The number of ether oxygens (including phenoxy) is 1. The summed E-state index contributed by atoms with van der Waals surface area (Å²) in [7, 11) is 0. The SMILES string of the molecule is CC(=O)NC[C@H]1CN(c2cc(F)c(N3CCON(C(=O)C4CC4)CC3)c(F)c2)C(=O)O1. The molecule has 168 valence electrons. The zero-order valence-electron chi connectivity index (χ0n) is 17.1. The zero-order valence-corrected chi connectivity index (χ0v) is 17.1. The molecular formula is C20H24F2N4O5. The molecule has 1 N–H and O–H groups in total. The van der Waals surface area contributed by atoms with Gasteiger partial charge < -0.3 is 15.0 Å². The third-order valence-corrected chi connectivity index (χ3v) is 5.44. The Morgan fingerprint density at radius 1 is 1.16 bits per heavy atom. The smallest absolute Gasteiger partial charge is 0.414 e. The molecule has 3 aliphatic rings. The number of nitrogens with one attached hydrogen (secondary N) is 1. The average Bonchev–Trinajstić information content (AvgIpc) is 3.52. The fraction of sp³-hybridized carbons (Fsp3) is 0.550. The van der Waals surface area contributed by atoms with E-state index in [4.69, 9.17) is 9.57 Å². The van der Waals surface area contributed by atoms with Gasteiger partial charge in [-0.15, -0.1) is 0 Å². The number of benzene rings is 1. The van der Waals surface area contributed by atoms with Crippen LogP contribution >= 0.6 is 0 Å². The topological polar surface area (TPSA) is 91.4 Å². The monoisotopic (exact) mass is 438 g/mol. The van der Waals surface area contributed by atoms with Gasteiger partial charge in [0.05, 0.1) is 31.9 Å². The summed E-state index contributed by atoms with van der Waals surface area (Å²) in [6.07, 6.45) is 0.342. The molecule has 0 aromatic heterocycles. The van der Waals surface area contributed by atoms with Crippen molar-refractivity contribution in [2.45, 2.75) is 25.9 Å². The van der Waals surface area contributed by atoms with E-state index in [0.717, 1.165) is 29.9 Å². The van der Waals surface area contributed by atoms with Gasteiger partial charge >= 0.3 is 6.09 Å². The maximum Gasteiger partial charge on any atom is 0.414 e. The number of halogens is 2. The molecule has 2 saturated heterocycles. The van der Waals surface area contributed by atoms with Crippen LogP contribution in [0.5, 0.6) is 0 Å². The molecular weight excluding hydrogens is 414 g/mol. The van der Waals surface area contributed by atoms with Crippen LogP contribution in [0.4, 0.5) is 25.0 Å². The van der Waals surface area contributed by atoms with E-state index in [9.17, 15) is 23.2 Å². The van der Waals surface area contributed by atoms with Crippen molar-refractivity contribution in [3.63, 3.8) is 0 Å². The molecule has 0 unspecified atom stereocenters. The molecule has 31 heavy (non-hydrogen) atoms. The molecule has 1 aliphatic carbocycles. The van der Waals surface area contributed by atoms with Crippen LogP contribution in [0.3, 0.4) is 0 Å². The first kappa shape index (κ1) is 21.3. The standard InChI is InChI=1S/C20H24F2N4O5/c1-12(27)23-10-15-11-25(20(29)31-15)14-8-16(21)18(17(22)9-14)24-4-5-26(30-7-6-24)19(28)13-2-3-13/h8-9,13,15H,2-7,10-11H2,1H3,(H,23,27)/t15-/m0/s1. The molecule has 2 aliphatic heterocycles. The number of nitrogens with zero attached hydrogens (tertiary/aromatic N) is 3. The van der Waals surface area contributed by atoms with Gasteiger partial charge in [0.1, 0.15) is 11.8 Å². The van der Waals surface area contributed by atoms with Gasteiger partial charge in [-0.3, -0.25) is 19.3 Å². The quantitative estimate of drug-likeness (QED) is 0.748. The number of anilines is 2. The minimum atomic E-state index is -0.824. The van der Waals surface area contributed by atoms with Crippen molar-refractivity contribution >= 4 is 29.3 Å². The predicted molar refractivity (Wildman–Crippen MR) is 105 cm³/mol. The average molecular weight is 438 g/mol. The van der Waals surface area contributed by atoms with Gasteiger partial charge in [-0.2, -0.15) is 0 Å². The van der Waals surface area contributed by atoms with E-state index in [0.29, 0.717) is 0 Å². The summed E-state index contributed by atoms with van der Waals surface area (Å²) in [6.45, 7) is 2.29. The predicted octanol–water partition coefficient (Wildman–Crippen LogP) is 1.42. The highest BCUT2D eigenvalue weighted by Crippen LogP contribution is 2.33. The maximum atomic E-state index is 14.9. The molecule has 0 bridgehead atoms. The molecule has 1 aromatic carbocycles. The Kier molecular flexibility index (Phi) is 5.94. The second-order valence-corrected chi connectivity index (χ2v) is 7.85. The summed E-state index contributed by atoms with van der Waals surface area (Å²) in [6, 6.07) is 2.17. The van der Waals surface area contributed by atoms with Crippen molar-refractivity contribution in [2.75, 3.05) is 49.1 Å². The van der Waals surface area contributed by atoms with E-state index in [1.165, 1.54) is 16.9 Å². The highest BCUT2D eigenvalue weighted by atomic mass is 19.1. The van der Waals surface area contributed by atoms with Crippen LogP contribution in [0.25, 0.3) is 0 Å². The summed E-state index contributed by atoms with van der Waals surface area (Å²) < 4.78 is 35.0. The number of cyclic esters (lactones) is 1. The normalized spacial score (nSPS) is 21.7. The Balaban J connectivity index is 1.45. The van der Waals surface area contributed by atoms with Gasteiger partial charge in [-0.05, 0) is 12.8 Å². The first-order valence-corrected chi connectivity index (χ1v) is 10.2. The highest BCUT2D eigenvalue weighted by molar-refractivity contribution is 5.90. The van der Waals surface area contributed by atoms with E-state index < -0.39 is 23.8 Å². The van der Waals surface area contributed by atoms with Crippen molar-refractivity contribution in [1.82, 2.24) is 10.4 Å². The molecule has 0 radical (unpaired) electrons. The van der Waals surface area contributed by atoms with E-state index >= 15 is 0 Å². The summed E-state index contributed by atoms with van der Waals surface area (Å²) in [5.41, 5.74) is -0.193. The van der Waals surface area contributed by atoms with Crippen LogP contribution < -0.4 is 15.1 Å². The summed E-state index contributed by atoms with van der Waals surface area (Å²) in [5, 5.41) is 3.83. The second kappa shape index (κ2) is 8.66. The number of carbonyl (C=O) groups is 3. The molecule has 9 nitrogen and oxygen atoms in total. The highest BCUT2D eigenvalue weighted by Gasteiger charge is 2.36. The van der Waals surface area contributed by atoms with Crippen molar-refractivity contribution < 1.29 is 32.7 Å². The van der Waals surface area contributed by atoms with Gasteiger partial charge in [-0.25, -0.2) is 18.6 Å². The first-order chi connectivity index (χ1) is 14.8.